The highest BCUT2D eigenvalue weighted by atomic mass is 16.5. The molecule has 1 aromatic carbocycles. The van der Waals surface area contributed by atoms with E-state index in [-0.39, 0.29) is 30.0 Å². The molecule has 2 rings (SSSR count). The summed E-state index contributed by atoms with van der Waals surface area (Å²) < 4.78 is 5.75. The van der Waals surface area contributed by atoms with E-state index >= 15 is 0 Å². The molecule has 4 heteroatoms. The molecule has 1 aromatic rings. The maximum absolute atomic E-state index is 12.1. The van der Waals surface area contributed by atoms with Crippen LogP contribution in [0.3, 0.4) is 0 Å². The van der Waals surface area contributed by atoms with Gasteiger partial charge in [0, 0.05) is 18.6 Å². The van der Waals surface area contributed by atoms with Crippen LogP contribution in [0.2, 0.25) is 0 Å². The van der Waals surface area contributed by atoms with Gasteiger partial charge in [-0.15, -0.1) is 0 Å². The molecule has 104 valence electrons. The number of rotatable bonds is 4. The lowest BCUT2D eigenvalue weighted by atomic mass is 9.99. The van der Waals surface area contributed by atoms with Gasteiger partial charge >= 0.3 is 0 Å². The van der Waals surface area contributed by atoms with Crippen molar-refractivity contribution < 1.29 is 9.53 Å². The van der Waals surface area contributed by atoms with Crippen molar-refractivity contribution in [2.24, 2.45) is 11.7 Å². The number of nitrogens with one attached hydrogen (secondary N) is 1. The number of ether oxygens (including phenoxy) is 1. The maximum Gasteiger partial charge on any atom is 0.224 e. The normalized spacial score (nSPS) is 25.8. The molecule has 1 amide bonds. The molecule has 4 atom stereocenters. The van der Waals surface area contributed by atoms with E-state index in [4.69, 9.17) is 10.5 Å². The smallest absolute Gasteiger partial charge is 0.224 e. The molecule has 4 nitrogen and oxygen atoms in total. The number of nitrogens with two attached hydrogens (primary N) is 1. The fourth-order valence-electron chi connectivity index (χ4n) is 2.26. The van der Waals surface area contributed by atoms with Gasteiger partial charge in [0.05, 0.1) is 6.04 Å². The lowest BCUT2D eigenvalue weighted by molar-refractivity contribution is -0.126. The van der Waals surface area contributed by atoms with E-state index in [1.165, 1.54) is 0 Å². The van der Waals surface area contributed by atoms with Crippen molar-refractivity contribution in [2.75, 3.05) is 6.61 Å². The van der Waals surface area contributed by atoms with Crippen molar-refractivity contribution in [1.29, 1.82) is 0 Å². The number of hydrogen-bond acceptors (Lipinski definition) is 3. The standard InChI is InChI=1S/C15H22N2O2/c1-10(11(2)16)15(18)17-13-8-9-19-14(13)12-6-4-3-5-7-12/h3-7,10-11,13-14H,8-9,16H2,1-2H3,(H,17,18). The molecule has 0 aliphatic carbocycles. The second-order valence-electron chi connectivity index (χ2n) is 5.25. The van der Waals surface area contributed by atoms with E-state index in [1.54, 1.807) is 0 Å². The zero-order chi connectivity index (χ0) is 13.8. The third-order valence-corrected chi connectivity index (χ3v) is 3.75. The van der Waals surface area contributed by atoms with Crippen LogP contribution in [0.5, 0.6) is 0 Å². The van der Waals surface area contributed by atoms with Gasteiger partial charge in [0.2, 0.25) is 5.91 Å². The second kappa shape index (κ2) is 6.17. The van der Waals surface area contributed by atoms with E-state index in [1.807, 2.05) is 44.2 Å². The summed E-state index contributed by atoms with van der Waals surface area (Å²) in [7, 11) is 0. The van der Waals surface area contributed by atoms with Crippen LogP contribution in [0.25, 0.3) is 0 Å². The Morgan fingerprint density at radius 3 is 2.68 bits per heavy atom. The molecule has 0 saturated carbocycles. The first-order chi connectivity index (χ1) is 9.09. The lowest BCUT2D eigenvalue weighted by Gasteiger charge is -2.23. The predicted octanol–water partition coefficient (Wildman–Crippen LogP) is 1.62. The summed E-state index contributed by atoms with van der Waals surface area (Å²) in [6.07, 6.45) is 0.794. The highest BCUT2D eigenvalue weighted by Gasteiger charge is 2.32. The topological polar surface area (TPSA) is 64.4 Å². The largest absolute Gasteiger partial charge is 0.371 e. The minimum absolute atomic E-state index is 0.00595. The summed E-state index contributed by atoms with van der Waals surface area (Å²) in [6.45, 7) is 4.38. The van der Waals surface area contributed by atoms with Crippen LogP contribution in [0.1, 0.15) is 31.9 Å². The molecule has 3 N–H and O–H groups in total. The Kier molecular flexibility index (Phi) is 4.56. The Bertz CT molecular complexity index is 419. The summed E-state index contributed by atoms with van der Waals surface area (Å²) in [5.74, 6) is -0.177. The van der Waals surface area contributed by atoms with E-state index < -0.39 is 0 Å². The number of hydrogen-bond donors (Lipinski definition) is 2. The number of carbonyl (C=O) groups is 1. The van der Waals surface area contributed by atoms with Gasteiger partial charge in [-0.25, -0.2) is 0 Å². The monoisotopic (exact) mass is 262 g/mol. The maximum atomic E-state index is 12.1. The Morgan fingerprint density at radius 1 is 1.37 bits per heavy atom. The van der Waals surface area contributed by atoms with Crippen molar-refractivity contribution in [3.05, 3.63) is 35.9 Å². The molecule has 1 aliphatic heterocycles. The first-order valence-electron chi connectivity index (χ1n) is 6.82. The molecule has 19 heavy (non-hydrogen) atoms. The Balaban J connectivity index is 2.02. The average Bonchev–Trinajstić information content (AvgIpc) is 2.86. The minimum Gasteiger partial charge on any atom is -0.371 e. The van der Waals surface area contributed by atoms with Crippen molar-refractivity contribution in [3.63, 3.8) is 0 Å². The Morgan fingerprint density at radius 2 is 2.05 bits per heavy atom. The van der Waals surface area contributed by atoms with Gasteiger partial charge in [-0.1, -0.05) is 37.3 Å². The van der Waals surface area contributed by atoms with Crippen LogP contribution in [0, 0.1) is 5.92 Å². The molecule has 1 heterocycles. The third kappa shape index (κ3) is 3.33. The average molecular weight is 262 g/mol. The lowest BCUT2D eigenvalue weighted by Crippen LogP contribution is -2.44. The molecular formula is C15H22N2O2. The molecule has 1 saturated heterocycles. The van der Waals surface area contributed by atoms with Crippen LogP contribution >= 0.6 is 0 Å². The van der Waals surface area contributed by atoms with Crippen LogP contribution in [0.4, 0.5) is 0 Å². The third-order valence-electron chi connectivity index (χ3n) is 3.75. The van der Waals surface area contributed by atoms with Crippen molar-refractivity contribution in [1.82, 2.24) is 5.32 Å². The first kappa shape index (κ1) is 14.0. The highest BCUT2D eigenvalue weighted by Crippen LogP contribution is 2.29. The van der Waals surface area contributed by atoms with Gasteiger partial charge in [-0.2, -0.15) is 0 Å². The fourth-order valence-corrected chi connectivity index (χ4v) is 2.26. The van der Waals surface area contributed by atoms with Crippen molar-refractivity contribution >= 4 is 5.91 Å². The van der Waals surface area contributed by atoms with Crippen LogP contribution < -0.4 is 11.1 Å². The van der Waals surface area contributed by atoms with Crippen molar-refractivity contribution in [2.45, 2.75) is 38.5 Å². The molecule has 4 unspecified atom stereocenters. The van der Waals surface area contributed by atoms with E-state index in [0.29, 0.717) is 6.61 Å². The molecule has 0 aromatic heterocycles. The van der Waals surface area contributed by atoms with E-state index in [0.717, 1.165) is 12.0 Å². The zero-order valence-electron chi connectivity index (χ0n) is 11.5. The quantitative estimate of drug-likeness (QED) is 0.866. The highest BCUT2D eigenvalue weighted by molar-refractivity contribution is 5.79. The molecule has 1 fully saturated rings. The van der Waals surface area contributed by atoms with Crippen molar-refractivity contribution in [3.8, 4) is 0 Å². The molecule has 1 aliphatic rings. The second-order valence-corrected chi connectivity index (χ2v) is 5.25. The van der Waals surface area contributed by atoms with Crippen LogP contribution in [-0.4, -0.2) is 24.6 Å². The molecular weight excluding hydrogens is 240 g/mol. The number of carbonyl (C=O) groups excluding carboxylic acids is 1. The van der Waals surface area contributed by atoms with Gasteiger partial charge in [-0.05, 0) is 18.9 Å². The SMILES string of the molecule is CC(N)C(C)C(=O)NC1CCOC1c1ccccc1. The van der Waals surface area contributed by atoms with E-state index in [2.05, 4.69) is 5.32 Å². The van der Waals surface area contributed by atoms with Crippen LogP contribution in [0.15, 0.2) is 30.3 Å². The zero-order valence-corrected chi connectivity index (χ0v) is 11.5. The van der Waals surface area contributed by atoms with Crippen LogP contribution in [-0.2, 0) is 9.53 Å². The number of benzene rings is 1. The summed E-state index contributed by atoms with van der Waals surface area (Å²) in [5.41, 5.74) is 6.87. The summed E-state index contributed by atoms with van der Waals surface area (Å²) in [4.78, 5) is 12.1. The summed E-state index contributed by atoms with van der Waals surface area (Å²) in [6, 6.07) is 9.91. The summed E-state index contributed by atoms with van der Waals surface area (Å²) in [5, 5.41) is 3.06. The summed E-state index contributed by atoms with van der Waals surface area (Å²) >= 11 is 0. The first-order valence-corrected chi connectivity index (χ1v) is 6.82. The number of amides is 1. The molecule has 0 spiro atoms. The van der Waals surface area contributed by atoms with E-state index in [9.17, 15) is 4.79 Å². The van der Waals surface area contributed by atoms with Gasteiger partial charge in [0.15, 0.2) is 0 Å². The predicted molar refractivity (Wildman–Crippen MR) is 74.5 cm³/mol. The van der Waals surface area contributed by atoms with Gasteiger partial charge in [0.25, 0.3) is 0 Å². The Labute approximate surface area is 114 Å². The molecule has 0 radical (unpaired) electrons. The fraction of sp³-hybridized carbons (Fsp3) is 0.533. The minimum atomic E-state index is -0.183. The van der Waals surface area contributed by atoms with Gasteiger partial charge < -0.3 is 15.8 Å². The van der Waals surface area contributed by atoms with Gasteiger partial charge in [-0.3, -0.25) is 4.79 Å². The Hall–Kier alpha value is -1.39. The molecule has 0 bridgehead atoms. The van der Waals surface area contributed by atoms with Gasteiger partial charge in [0.1, 0.15) is 6.10 Å².